The highest BCUT2D eigenvalue weighted by Gasteiger charge is 2.95. The first kappa shape index (κ1) is 20.7. The second-order valence-corrected chi connectivity index (χ2v) is 11.5. The molecule has 0 heterocycles. The van der Waals surface area contributed by atoms with Crippen molar-refractivity contribution in [2.75, 3.05) is 0 Å². The first-order valence-corrected chi connectivity index (χ1v) is 12.7. The van der Waals surface area contributed by atoms with Crippen molar-refractivity contribution in [2.24, 2.45) is 22.7 Å². The molecular formula is C28H16Br2O4. The van der Waals surface area contributed by atoms with E-state index in [9.17, 15) is 19.2 Å². The Labute approximate surface area is 212 Å². The van der Waals surface area contributed by atoms with Crippen LogP contribution >= 0.6 is 31.9 Å². The minimum atomic E-state index is -1.28. The number of ketones is 4. The molecule has 0 N–H and O–H groups in total. The molecule has 2 spiro atoms. The zero-order valence-corrected chi connectivity index (χ0v) is 20.8. The van der Waals surface area contributed by atoms with Gasteiger partial charge in [-0.05, 0) is 71.5 Å². The van der Waals surface area contributed by atoms with Crippen molar-refractivity contribution in [1.82, 2.24) is 0 Å². The van der Waals surface area contributed by atoms with E-state index in [1.165, 1.54) is 24.3 Å². The van der Waals surface area contributed by atoms with Crippen LogP contribution in [0.15, 0.2) is 92.9 Å². The quantitative estimate of drug-likeness (QED) is 0.471. The summed E-state index contributed by atoms with van der Waals surface area (Å²) in [5, 5.41) is 0. The number of hydrogen-bond donors (Lipinski definition) is 0. The Hall–Kier alpha value is -2.70. The zero-order valence-electron chi connectivity index (χ0n) is 17.6. The second kappa shape index (κ2) is 6.49. The number of hydrogen-bond acceptors (Lipinski definition) is 4. The number of halogens is 2. The fourth-order valence-corrected chi connectivity index (χ4v) is 8.40. The van der Waals surface area contributed by atoms with Crippen LogP contribution in [0.1, 0.15) is 23.0 Å². The molecule has 0 unspecified atom stereocenters. The summed E-state index contributed by atoms with van der Waals surface area (Å²) >= 11 is 6.97. The molecule has 6 atom stereocenters. The van der Waals surface area contributed by atoms with Gasteiger partial charge in [0.2, 0.25) is 0 Å². The third kappa shape index (κ3) is 2.08. The van der Waals surface area contributed by atoms with E-state index in [0.717, 1.165) is 20.1 Å². The monoisotopic (exact) mass is 574 g/mol. The number of carbonyl (C=O) groups is 4. The molecule has 2 fully saturated rings. The Morgan fingerprint density at radius 2 is 1.18 bits per heavy atom. The van der Waals surface area contributed by atoms with Gasteiger partial charge in [0.05, 0.1) is 10.8 Å². The highest BCUT2D eigenvalue weighted by molar-refractivity contribution is 9.10. The van der Waals surface area contributed by atoms with Gasteiger partial charge in [-0.3, -0.25) is 19.2 Å². The van der Waals surface area contributed by atoms with Gasteiger partial charge < -0.3 is 0 Å². The standard InChI is InChI=1S/C28H16Br2O4/c29-15-5-1-13(2-6-15)21-23-22-17(31)9-10-18(32)25(22)28-20(34)12-11-19(33)27(28,26(21)28)24(23)14-3-7-16(30)8-4-14/h1-12,21,23-24,26H/t21-,23+,24+,26-,27+,28-/m0/s1. The van der Waals surface area contributed by atoms with Crippen molar-refractivity contribution < 1.29 is 19.2 Å². The van der Waals surface area contributed by atoms with E-state index in [0.29, 0.717) is 5.57 Å². The molecular weight excluding hydrogens is 560 g/mol. The van der Waals surface area contributed by atoms with E-state index in [4.69, 9.17) is 0 Å². The normalized spacial score (nSPS) is 36.6. The van der Waals surface area contributed by atoms with Gasteiger partial charge in [0, 0.05) is 31.9 Å². The third-order valence-corrected chi connectivity index (χ3v) is 9.74. The number of rotatable bonds is 2. The average molecular weight is 576 g/mol. The minimum Gasteiger partial charge on any atom is -0.294 e. The fourth-order valence-electron chi connectivity index (χ4n) is 7.87. The summed E-state index contributed by atoms with van der Waals surface area (Å²) in [5.41, 5.74) is 0.268. The molecule has 0 radical (unpaired) electrons. The Morgan fingerprint density at radius 3 is 1.82 bits per heavy atom. The van der Waals surface area contributed by atoms with Crippen LogP contribution in [-0.2, 0) is 19.2 Å². The molecule has 0 aliphatic heterocycles. The van der Waals surface area contributed by atoms with Crippen molar-refractivity contribution in [1.29, 1.82) is 0 Å². The molecule has 2 saturated carbocycles. The highest BCUT2D eigenvalue weighted by Crippen LogP contribution is 2.93. The number of allylic oxidation sites excluding steroid dienone is 6. The Morgan fingerprint density at radius 1 is 0.618 bits per heavy atom. The smallest absolute Gasteiger partial charge is 0.183 e. The summed E-state index contributed by atoms with van der Waals surface area (Å²) < 4.78 is 1.83. The van der Waals surface area contributed by atoms with Crippen LogP contribution in [0.4, 0.5) is 0 Å². The SMILES string of the molecule is O=C1C=CC(=O)C2=C1[C@H]1[C@H](c3ccc(Br)cc3)[C@@H]3[C@]24C(=O)C=CC(=O)[C@@]34[C@@H]1c1ccc(Br)cc1. The van der Waals surface area contributed by atoms with Crippen LogP contribution < -0.4 is 0 Å². The van der Waals surface area contributed by atoms with E-state index >= 15 is 0 Å². The van der Waals surface area contributed by atoms with Crippen molar-refractivity contribution in [2.45, 2.75) is 11.8 Å². The molecule has 4 bridgehead atoms. The lowest BCUT2D eigenvalue weighted by atomic mass is 9.53. The maximum absolute atomic E-state index is 13.8. The summed E-state index contributed by atoms with van der Waals surface area (Å²) in [6.07, 6.45) is 5.31. The van der Waals surface area contributed by atoms with Gasteiger partial charge in [0.15, 0.2) is 23.1 Å². The maximum Gasteiger partial charge on any atom is 0.183 e. The highest BCUT2D eigenvalue weighted by atomic mass is 79.9. The van der Waals surface area contributed by atoms with Crippen LogP contribution in [0.3, 0.4) is 0 Å². The third-order valence-electron chi connectivity index (χ3n) is 8.68. The molecule has 6 heteroatoms. The molecule has 6 aliphatic rings. The van der Waals surface area contributed by atoms with Gasteiger partial charge >= 0.3 is 0 Å². The van der Waals surface area contributed by atoms with Crippen LogP contribution in [0.5, 0.6) is 0 Å². The summed E-state index contributed by atoms with van der Waals surface area (Å²) in [6.45, 7) is 0. The first-order chi connectivity index (χ1) is 16.3. The largest absolute Gasteiger partial charge is 0.294 e. The van der Waals surface area contributed by atoms with E-state index in [2.05, 4.69) is 31.9 Å². The van der Waals surface area contributed by atoms with E-state index in [-0.39, 0.29) is 52.4 Å². The van der Waals surface area contributed by atoms with Gasteiger partial charge in [-0.15, -0.1) is 0 Å². The summed E-state index contributed by atoms with van der Waals surface area (Å²) in [7, 11) is 0. The van der Waals surface area contributed by atoms with E-state index in [1.54, 1.807) is 0 Å². The zero-order chi connectivity index (χ0) is 23.6. The Kier molecular flexibility index (Phi) is 3.94. The molecule has 0 saturated heterocycles. The van der Waals surface area contributed by atoms with Crippen LogP contribution in [0.2, 0.25) is 0 Å². The topological polar surface area (TPSA) is 68.3 Å². The van der Waals surface area contributed by atoms with Crippen LogP contribution in [-0.4, -0.2) is 23.1 Å². The fraction of sp³-hybridized carbons (Fsp3) is 0.214. The van der Waals surface area contributed by atoms with Crippen LogP contribution in [0.25, 0.3) is 0 Å². The molecule has 34 heavy (non-hydrogen) atoms. The Balaban J connectivity index is 1.59. The minimum absolute atomic E-state index is 0.115. The van der Waals surface area contributed by atoms with Crippen molar-refractivity contribution in [3.8, 4) is 0 Å². The Bertz CT molecular complexity index is 1460. The molecule has 2 aromatic carbocycles. The predicted molar refractivity (Wildman–Crippen MR) is 131 cm³/mol. The lowest BCUT2D eigenvalue weighted by Gasteiger charge is -2.46. The maximum atomic E-state index is 13.8. The average Bonchev–Trinajstić information content (AvgIpc) is 3.39. The number of carbonyl (C=O) groups excluding carboxylic acids is 4. The second-order valence-electron chi connectivity index (χ2n) is 9.70. The van der Waals surface area contributed by atoms with Gasteiger partial charge in [-0.2, -0.15) is 0 Å². The van der Waals surface area contributed by atoms with Crippen molar-refractivity contribution in [3.63, 3.8) is 0 Å². The molecule has 2 aromatic rings. The van der Waals surface area contributed by atoms with Gasteiger partial charge in [-0.25, -0.2) is 0 Å². The molecule has 8 rings (SSSR count). The molecule has 166 valence electrons. The lowest BCUT2D eigenvalue weighted by Crippen LogP contribution is -2.49. The molecule has 4 nitrogen and oxygen atoms in total. The lowest BCUT2D eigenvalue weighted by molar-refractivity contribution is -0.131. The molecule has 0 aromatic heterocycles. The molecule has 6 aliphatic carbocycles. The van der Waals surface area contributed by atoms with Crippen molar-refractivity contribution >= 4 is 55.0 Å². The molecule has 0 amide bonds. The number of benzene rings is 2. The van der Waals surface area contributed by atoms with Gasteiger partial charge in [-0.1, -0.05) is 56.1 Å². The van der Waals surface area contributed by atoms with Gasteiger partial charge in [0.1, 0.15) is 0 Å². The summed E-state index contributed by atoms with van der Waals surface area (Å²) in [6, 6.07) is 15.6. The van der Waals surface area contributed by atoms with E-state index < -0.39 is 10.8 Å². The summed E-state index contributed by atoms with van der Waals surface area (Å²) in [4.78, 5) is 54.2. The van der Waals surface area contributed by atoms with Gasteiger partial charge in [0.25, 0.3) is 0 Å². The summed E-state index contributed by atoms with van der Waals surface area (Å²) in [5.74, 6) is -2.22. The first-order valence-electron chi connectivity index (χ1n) is 11.1. The van der Waals surface area contributed by atoms with Crippen molar-refractivity contribution in [3.05, 3.63) is 104 Å². The van der Waals surface area contributed by atoms with E-state index in [1.807, 2.05) is 48.5 Å². The predicted octanol–water partition coefficient (Wildman–Crippen LogP) is 5.04. The van der Waals surface area contributed by atoms with Crippen LogP contribution in [0, 0.1) is 22.7 Å².